The molecule has 1 aliphatic rings. The van der Waals surface area contributed by atoms with Gasteiger partial charge in [0, 0.05) is 31.2 Å². The first-order valence-electron chi connectivity index (χ1n) is 6.24. The van der Waals surface area contributed by atoms with Crippen LogP contribution in [0.5, 0.6) is 0 Å². The second kappa shape index (κ2) is 6.65. The molecule has 1 aliphatic carbocycles. The molecule has 3 heteroatoms. The van der Waals surface area contributed by atoms with Gasteiger partial charge in [-0.15, -0.1) is 0 Å². The summed E-state index contributed by atoms with van der Waals surface area (Å²) in [6.07, 6.45) is 4.14. The van der Waals surface area contributed by atoms with E-state index in [1.807, 2.05) is 11.8 Å². The Morgan fingerprint density at radius 3 is 2.69 bits per heavy atom. The second-order valence-corrected chi connectivity index (χ2v) is 6.34. The number of thioether (sulfide) groups is 1. The normalized spacial score (nSPS) is 31.1. The Morgan fingerprint density at radius 1 is 1.44 bits per heavy atom. The third-order valence-corrected chi connectivity index (χ3v) is 4.20. The zero-order chi connectivity index (χ0) is 12.1. The van der Waals surface area contributed by atoms with Crippen LogP contribution in [0.25, 0.3) is 0 Å². The first kappa shape index (κ1) is 14.0. The molecule has 0 aromatic rings. The van der Waals surface area contributed by atoms with E-state index in [1.54, 1.807) is 0 Å². The molecule has 1 saturated carbocycles. The highest BCUT2D eigenvalue weighted by Gasteiger charge is 2.32. The van der Waals surface area contributed by atoms with Crippen molar-refractivity contribution in [3.05, 3.63) is 0 Å². The van der Waals surface area contributed by atoms with Gasteiger partial charge in [0.1, 0.15) is 5.78 Å². The maximum Gasteiger partial charge on any atom is 0.137 e. The Morgan fingerprint density at radius 2 is 2.12 bits per heavy atom. The lowest BCUT2D eigenvalue weighted by Crippen LogP contribution is -2.39. The van der Waals surface area contributed by atoms with Crippen LogP contribution in [0.1, 0.15) is 26.7 Å². The topological polar surface area (TPSA) is 20.3 Å². The fourth-order valence-corrected chi connectivity index (χ4v) is 3.14. The summed E-state index contributed by atoms with van der Waals surface area (Å²) >= 11 is 1.87. The quantitative estimate of drug-likeness (QED) is 0.740. The van der Waals surface area contributed by atoms with Gasteiger partial charge in [-0.25, -0.2) is 0 Å². The van der Waals surface area contributed by atoms with E-state index in [0.29, 0.717) is 17.6 Å². The summed E-state index contributed by atoms with van der Waals surface area (Å²) in [6.45, 7) is 6.48. The zero-order valence-electron chi connectivity index (χ0n) is 11.0. The molecule has 0 radical (unpaired) electrons. The fraction of sp³-hybridized carbons (Fsp3) is 0.923. The molecule has 0 aromatic heterocycles. The van der Waals surface area contributed by atoms with Crippen LogP contribution >= 0.6 is 11.8 Å². The molecular weight excluding hydrogens is 218 g/mol. The molecule has 94 valence electrons. The van der Waals surface area contributed by atoms with E-state index in [9.17, 15) is 4.79 Å². The smallest absolute Gasteiger partial charge is 0.137 e. The Bertz CT molecular complexity index is 232. The van der Waals surface area contributed by atoms with Gasteiger partial charge in [-0.1, -0.05) is 13.8 Å². The molecule has 2 nitrogen and oxygen atoms in total. The van der Waals surface area contributed by atoms with E-state index < -0.39 is 0 Å². The predicted octanol–water partition coefficient (Wildman–Crippen LogP) is 2.53. The van der Waals surface area contributed by atoms with E-state index in [2.05, 4.69) is 32.1 Å². The van der Waals surface area contributed by atoms with Gasteiger partial charge >= 0.3 is 0 Å². The van der Waals surface area contributed by atoms with E-state index in [0.717, 1.165) is 25.3 Å². The molecule has 0 saturated heterocycles. The van der Waals surface area contributed by atoms with E-state index in [4.69, 9.17) is 0 Å². The summed E-state index contributed by atoms with van der Waals surface area (Å²) in [5.41, 5.74) is 0. The molecule has 0 bridgehead atoms. The average molecular weight is 243 g/mol. The highest BCUT2D eigenvalue weighted by atomic mass is 32.2. The van der Waals surface area contributed by atoms with Crippen LogP contribution in [0.3, 0.4) is 0 Å². The van der Waals surface area contributed by atoms with Crippen LogP contribution in [0.2, 0.25) is 0 Å². The van der Waals surface area contributed by atoms with Crippen molar-refractivity contribution in [2.75, 3.05) is 32.1 Å². The summed E-state index contributed by atoms with van der Waals surface area (Å²) in [6, 6.07) is 0. The predicted molar refractivity (Wildman–Crippen MR) is 71.9 cm³/mol. The molecule has 0 heterocycles. The molecule has 0 N–H and O–H groups in total. The second-order valence-electron chi connectivity index (χ2n) is 5.35. The number of carbonyl (C=O) groups excluding carboxylic acids is 1. The largest absolute Gasteiger partial charge is 0.305 e. The van der Waals surface area contributed by atoms with Crippen molar-refractivity contribution in [3.8, 4) is 0 Å². The van der Waals surface area contributed by atoms with Gasteiger partial charge in [0.25, 0.3) is 0 Å². The molecule has 3 atom stereocenters. The minimum Gasteiger partial charge on any atom is -0.305 e. The van der Waals surface area contributed by atoms with Crippen molar-refractivity contribution < 1.29 is 4.79 Å². The van der Waals surface area contributed by atoms with Crippen molar-refractivity contribution in [3.63, 3.8) is 0 Å². The number of nitrogens with zero attached hydrogens (tertiary/aromatic N) is 1. The molecule has 3 unspecified atom stereocenters. The van der Waals surface area contributed by atoms with Gasteiger partial charge in [-0.2, -0.15) is 11.8 Å². The SMILES string of the molecule is CSCCN(C)CC1C(=O)CC(C)CC1C. The summed E-state index contributed by atoms with van der Waals surface area (Å²) < 4.78 is 0. The van der Waals surface area contributed by atoms with Crippen LogP contribution in [0.4, 0.5) is 0 Å². The van der Waals surface area contributed by atoms with Crippen LogP contribution in [-0.4, -0.2) is 42.8 Å². The summed E-state index contributed by atoms with van der Waals surface area (Å²) in [4.78, 5) is 14.3. The molecular formula is C13H25NOS. The van der Waals surface area contributed by atoms with Crippen LogP contribution < -0.4 is 0 Å². The minimum atomic E-state index is 0.281. The zero-order valence-corrected chi connectivity index (χ0v) is 11.8. The number of hydrogen-bond acceptors (Lipinski definition) is 3. The Kier molecular flexibility index (Phi) is 5.84. The number of ketones is 1. The summed E-state index contributed by atoms with van der Waals surface area (Å²) in [5, 5.41) is 0. The lowest BCUT2D eigenvalue weighted by atomic mass is 9.74. The van der Waals surface area contributed by atoms with Gasteiger partial charge < -0.3 is 4.90 Å². The first-order chi connectivity index (χ1) is 7.54. The third kappa shape index (κ3) is 4.10. The number of Topliss-reactive ketones (excluding diaryl/α,β-unsaturated/α-hetero) is 1. The molecule has 1 rings (SSSR count). The number of carbonyl (C=O) groups is 1. The standard InChI is InChI=1S/C13H25NOS/c1-10-7-11(2)12(13(15)8-10)9-14(3)5-6-16-4/h10-12H,5-9H2,1-4H3. The molecule has 1 fully saturated rings. The van der Waals surface area contributed by atoms with Gasteiger partial charge in [-0.05, 0) is 31.6 Å². The van der Waals surface area contributed by atoms with Gasteiger partial charge in [-0.3, -0.25) is 4.79 Å². The third-order valence-electron chi connectivity index (χ3n) is 3.61. The van der Waals surface area contributed by atoms with Crippen LogP contribution in [0.15, 0.2) is 0 Å². The van der Waals surface area contributed by atoms with E-state index in [-0.39, 0.29) is 5.92 Å². The van der Waals surface area contributed by atoms with E-state index >= 15 is 0 Å². The maximum absolute atomic E-state index is 12.0. The highest BCUT2D eigenvalue weighted by Crippen LogP contribution is 2.31. The fourth-order valence-electron chi connectivity index (χ4n) is 2.65. The molecule has 0 aromatic carbocycles. The van der Waals surface area contributed by atoms with Crippen LogP contribution in [-0.2, 0) is 4.79 Å². The lowest BCUT2D eigenvalue weighted by molar-refractivity contribution is -0.128. The molecule has 0 spiro atoms. The van der Waals surface area contributed by atoms with Crippen molar-refractivity contribution in [1.29, 1.82) is 0 Å². The van der Waals surface area contributed by atoms with Crippen molar-refractivity contribution >= 4 is 17.5 Å². The van der Waals surface area contributed by atoms with Gasteiger partial charge in [0.15, 0.2) is 0 Å². The number of rotatable bonds is 5. The van der Waals surface area contributed by atoms with E-state index in [1.165, 1.54) is 6.42 Å². The Balaban J connectivity index is 2.42. The lowest BCUT2D eigenvalue weighted by Gasteiger charge is -2.33. The monoisotopic (exact) mass is 243 g/mol. The molecule has 0 aliphatic heterocycles. The highest BCUT2D eigenvalue weighted by molar-refractivity contribution is 7.98. The van der Waals surface area contributed by atoms with Crippen molar-refractivity contribution in [1.82, 2.24) is 4.90 Å². The minimum absolute atomic E-state index is 0.281. The maximum atomic E-state index is 12.0. The van der Waals surface area contributed by atoms with Gasteiger partial charge in [0.2, 0.25) is 0 Å². The summed E-state index contributed by atoms with van der Waals surface area (Å²) in [5.74, 6) is 3.08. The van der Waals surface area contributed by atoms with Crippen molar-refractivity contribution in [2.45, 2.75) is 26.7 Å². The summed E-state index contributed by atoms with van der Waals surface area (Å²) in [7, 11) is 2.13. The molecule has 0 amide bonds. The molecule has 16 heavy (non-hydrogen) atoms. The Labute approximate surface area is 104 Å². The Hall–Kier alpha value is -0.0200. The van der Waals surface area contributed by atoms with Crippen LogP contribution in [0, 0.1) is 17.8 Å². The van der Waals surface area contributed by atoms with Crippen molar-refractivity contribution in [2.24, 2.45) is 17.8 Å². The average Bonchev–Trinajstić information content (AvgIpc) is 2.20. The first-order valence-corrected chi connectivity index (χ1v) is 7.64. The van der Waals surface area contributed by atoms with Gasteiger partial charge in [0.05, 0.1) is 0 Å². The number of hydrogen-bond donors (Lipinski definition) is 0.